The van der Waals surface area contributed by atoms with E-state index in [0.29, 0.717) is 23.3 Å². The van der Waals surface area contributed by atoms with Gasteiger partial charge in [-0.15, -0.1) is 0 Å². The number of imidazole rings is 1. The third-order valence-electron chi connectivity index (χ3n) is 5.83. The van der Waals surface area contributed by atoms with Gasteiger partial charge < -0.3 is 14.3 Å². The molecule has 5 aromatic rings. The molecule has 2 aromatic heterocycles. The summed E-state index contributed by atoms with van der Waals surface area (Å²) in [4.78, 5) is 25.3. The van der Waals surface area contributed by atoms with Crippen molar-refractivity contribution in [2.24, 2.45) is 0 Å². The maximum atomic E-state index is 13.0. The molecule has 0 aliphatic rings. The van der Waals surface area contributed by atoms with Crippen LogP contribution in [0.2, 0.25) is 0 Å². The number of hydrogen-bond donors (Lipinski definition) is 1. The number of nitrogens with one attached hydrogen (secondary N) is 1. The van der Waals surface area contributed by atoms with Crippen LogP contribution in [0.25, 0.3) is 33.3 Å². The third kappa shape index (κ3) is 4.37. The number of benzene rings is 3. The van der Waals surface area contributed by atoms with E-state index in [1.54, 1.807) is 0 Å². The molecule has 0 saturated heterocycles. The third-order valence-corrected chi connectivity index (χ3v) is 5.83. The van der Waals surface area contributed by atoms with E-state index < -0.39 is 0 Å². The summed E-state index contributed by atoms with van der Waals surface area (Å²) >= 11 is 0. The molecule has 0 bridgehead atoms. The molecule has 3 aromatic carbocycles. The van der Waals surface area contributed by atoms with E-state index in [4.69, 9.17) is 9.72 Å². The van der Waals surface area contributed by atoms with E-state index >= 15 is 0 Å². The average Bonchev–Trinajstić information content (AvgIpc) is 3.24. The monoisotopic (exact) mass is 438 g/mol. The molecule has 0 amide bonds. The number of H-pyrrole nitrogens is 1. The average molecular weight is 439 g/mol. The number of aromatic nitrogens is 4. The minimum Gasteiger partial charge on any atom is -0.493 e. The summed E-state index contributed by atoms with van der Waals surface area (Å²) < 4.78 is 8.03. The van der Waals surface area contributed by atoms with Gasteiger partial charge in [-0.1, -0.05) is 55.8 Å². The predicted molar refractivity (Wildman–Crippen MR) is 132 cm³/mol. The van der Waals surface area contributed by atoms with Crippen LogP contribution in [-0.2, 0) is 13.0 Å². The fourth-order valence-electron chi connectivity index (χ4n) is 4.01. The Labute approximate surface area is 191 Å². The Bertz CT molecular complexity index is 1450. The van der Waals surface area contributed by atoms with Gasteiger partial charge in [-0.05, 0) is 42.7 Å². The summed E-state index contributed by atoms with van der Waals surface area (Å²) in [6.45, 7) is 3.55. The molecule has 6 nitrogen and oxygen atoms in total. The van der Waals surface area contributed by atoms with Gasteiger partial charge in [0.1, 0.15) is 11.6 Å². The lowest BCUT2D eigenvalue weighted by Crippen LogP contribution is -2.10. The fourth-order valence-corrected chi connectivity index (χ4v) is 4.01. The van der Waals surface area contributed by atoms with Gasteiger partial charge in [-0.2, -0.15) is 0 Å². The number of aryl methyl sites for hydroxylation is 2. The molecule has 0 aliphatic heterocycles. The van der Waals surface area contributed by atoms with Crippen molar-refractivity contribution in [2.75, 3.05) is 6.61 Å². The second-order valence-corrected chi connectivity index (χ2v) is 8.14. The fraction of sp³-hybridized carbons (Fsp3) is 0.222. The lowest BCUT2D eigenvalue weighted by Gasteiger charge is -2.11. The topological polar surface area (TPSA) is 72.8 Å². The van der Waals surface area contributed by atoms with Crippen molar-refractivity contribution in [3.8, 4) is 17.1 Å². The standard InChI is InChI=1S/C27H26N4O2/c1-2-3-15-33-25-12-8-7-11-20(25)26-29-22-17-23-24(16-21(22)27(32)30-26)31(18-28-23)14-13-19-9-5-4-6-10-19/h4-12,16-18H,2-3,13-15H2,1H3,(H,29,30,32). The van der Waals surface area contributed by atoms with Crippen molar-refractivity contribution in [1.29, 1.82) is 0 Å². The van der Waals surface area contributed by atoms with Gasteiger partial charge in [0.2, 0.25) is 0 Å². The van der Waals surface area contributed by atoms with Crippen LogP contribution >= 0.6 is 0 Å². The molecular formula is C27H26N4O2. The van der Waals surface area contributed by atoms with E-state index in [-0.39, 0.29) is 5.56 Å². The van der Waals surface area contributed by atoms with Crippen molar-refractivity contribution in [1.82, 2.24) is 19.5 Å². The summed E-state index contributed by atoms with van der Waals surface area (Å²) in [5.41, 5.74) is 4.26. The molecule has 0 aliphatic carbocycles. The highest BCUT2D eigenvalue weighted by atomic mass is 16.5. The summed E-state index contributed by atoms with van der Waals surface area (Å²) in [6, 6.07) is 21.8. The number of rotatable bonds is 8. The van der Waals surface area contributed by atoms with Gasteiger partial charge in [-0.25, -0.2) is 9.97 Å². The van der Waals surface area contributed by atoms with E-state index in [0.717, 1.165) is 48.2 Å². The highest BCUT2D eigenvalue weighted by molar-refractivity contribution is 5.93. The zero-order valence-corrected chi connectivity index (χ0v) is 18.6. The number of hydrogen-bond acceptors (Lipinski definition) is 4. The van der Waals surface area contributed by atoms with Crippen LogP contribution in [0.4, 0.5) is 0 Å². The highest BCUT2D eigenvalue weighted by Crippen LogP contribution is 2.28. The summed E-state index contributed by atoms with van der Waals surface area (Å²) in [7, 11) is 0. The largest absolute Gasteiger partial charge is 0.493 e. The summed E-state index contributed by atoms with van der Waals surface area (Å²) in [5, 5.41) is 0.553. The maximum Gasteiger partial charge on any atom is 0.259 e. The molecule has 0 unspecified atom stereocenters. The van der Waals surface area contributed by atoms with Crippen LogP contribution in [-0.4, -0.2) is 26.1 Å². The van der Waals surface area contributed by atoms with Gasteiger partial charge >= 0.3 is 0 Å². The first-order chi connectivity index (χ1) is 16.2. The summed E-state index contributed by atoms with van der Waals surface area (Å²) in [5.74, 6) is 1.22. The van der Waals surface area contributed by atoms with Crippen LogP contribution in [0.3, 0.4) is 0 Å². The minimum absolute atomic E-state index is 0.170. The predicted octanol–water partition coefficient (Wildman–Crippen LogP) is 5.36. The van der Waals surface area contributed by atoms with Gasteiger partial charge in [0, 0.05) is 6.54 Å². The molecule has 2 heterocycles. The van der Waals surface area contributed by atoms with Gasteiger partial charge in [0.05, 0.1) is 40.4 Å². The quantitative estimate of drug-likeness (QED) is 0.331. The molecular weight excluding hydrogens is 412 g/mol. The molecule has 33 heavy (non-hydrogen) atoms. The zero-order chi connectivity index (χ0) is 22.6. The zero-order valence-electron chi connectivity index (χ0n) is 18.6. The minimum atomic E-state index is -0.170. The molecule has 0 atom stereocenters. The smallest absolute Gasteiger partial charge is 0.259 e. The molecule has 6 heteroatoms. The number of ether oxygens (including phenoxy) is 1. The molecule has 0 radical (unpaired) electrons. The molecule has 166 valence electrons. The Morgan fingerprint density at radius 3 is 2.67 bits per heavy atom. The molecule has 0 saturated carbocycles. The van der Waals surface area contributed by atoms with Crippen molar-refractivity contribution in [3.63, 3.8) is 0 Å². The number of para-hydroxylation sites is 1. The Morgan fingerprint density at radius 1 is 1.00 bits per heavy atom. The first-order valence-corrected chi connectivity index (χ1v) is 11.4. The Kier molecular flexibility index (Phi) is 5.89. The number of nitrogens with zero attached hydrogens (tertiary/aromatic N) is 3. The first kappa shape index (κ1) is 20.9. The number of aromatic amines is 1. The van der Waals surface area contributed by atoms with E-state index in [1.165, 1.54) is 5.56 Å². The van der Waals surface area contributed by atoms with Crippen molar-refractivity contribution in [3.05, 3.63) is 89.0 Å². The second kappa shape index (κ2) is 9.28. The van der Waals surface area contributed by atoms with Crippen LogP contribution in [0.1, 0.15) is 25.3 Å². The Morgan fingerprint density at radius 2 is 1.82 bits per heavy atom. The van der Waals surface area contributed by atoms with Gasteiger partial charge in [0.15, 0.2) is 0 Å². The highest BCUT2D eigenvalue weighted by Gasteiger charge is 2.13. The number of fused-ring (bicyclic) bond motifs is 2. The van der Waals surface area contributed by atoms with Crippen molar-refractivity contribution < 1.29 is 4.74 Å². The van der Waals surface area contributed by atoms with E-state index in [2.05, 4.69) is 33.6 Å². The summed E-state index contributed by atoms with van der Waals surface area (Å²) in [6.07, 6.45) is 4.76. The molecule has 0 spiro atoms. The molecule has 5 rings (SSSR count). The SMILES string of the molecule is CCCCOc1ccccc1-c1nc2cc3ncn(CCc4ccccc4)c3cc2c(=O)[nH]1. The van der Waals surface area contributed by atoms with Crippen LogP contribution in [0.5, 0.6) is 5.75 Å². The first-order valence-electron chi connectivity index (χ1n) is 11.4. The maximum absolute atomic E-state index is 13.0. The van der Waals surface area contributed by atoms with Gasteiger partial charge in [-0.3, -0.25) is 4.79 Å². The Hall–Kier alpha value is -3.93. The molecule has 1 N–H and O–H groups in total. The normalized spacial score (nSPS) is 11.3. The Balaban J connectivity index is 1.50. The lowest BCUT2D eigenvalue weighted by atomic mass is 10.1. The van der Waals surface area contributed by atoms with Crippen LogP contribution in [0, 0.1) is 0 Å². The van der Waals surface area contributed by atoms with Crippen molar-refractivity contribution in [2.45, 2.75) is 32.7 Å². The van der Waals surface area contributed by atoms with E-state index in [1.807, 2.05) is 60.9 Å². The van der Waals surface area contributed by atoms with Crippen LogP contribution < -0.4 is 10.3 Å². The van der Waals surface area contributed by atoms with E-state index in [9.17, 15) is 4.79 Å². The number of unbranched alkanes of at least 4 members (excludes halogenated alkanes) is 1. The van der Waals surface area contributed by atoms with Gasteiger partial charge in [0.25, 0.3) is 5.56 Å². The molecule has 0 fully saturated rings. The second-order valence-electron chi connectivity index (χ2n) is 8.14. The van der Waals surface area contributed by atoms with Crippen molar-refractivity contribution >= 4 is 21.9 Å². The lowest BCUT2D eigenvalue weighted by molar-refractivity contribution is 0.310. The van der Waals surface area contributed by atoms with Crippen LogP contribution in [0.15, 0.2) is 77.9 Å².